The molecule has 0 atom stereocenters. The molecule has 7 heteroatoms. The van der Waals surface area contributed by atoms with Crippen LogP contribution in [-0.2, 0) is 0 Å². The molecule has 2 aromatic heterocycles. The Morgan fingerprint density at radius 1 is 1.14 bits per heavy atom. The quantitative estimate of drug-likeness (QED) is 0.503. The number of aryl methyl sites for hydroxylation is 1. The Balaban J connectivity index is 1.89. The van der Waals surface area contributed by atoms with E-state index >= 15 is 0 Å². The van der Waals surface area contributed by atoms with Gasteiger partial charge in [0, 0.05) is 22.7 Å². The zero-order valence-electron chi connectivity index (χ0n) is 15.4. The Hall–Kier alpha value is -3.64. The summed E-state index contributed by atoms with van der Waals surface area (Å²) in [4.78, 5) is 21.6. The van der Waals surface area contributed by atoms with Crippen LogP contribution in [0.4, 0.5) is 11.5 Å². The molecule has 0 unspecified atom stereocenters. The molecule has 0 aliphatic heterocycles. The maximum Gasteiger partial charge on any atom is 0.262 e. The minimum atomic E-state index is -0.409. The molecular weight excluding hydrogens is 390 g/mol. The number of hydrogen-bond donors (Lipinski definition) is 2. The predicted octanol–water partition coefficient (Wildman–Crippen LogP) is 4.98. The van der Waals surface area contributed by atoms with Gasteiger partial charge >= 0.3 is 0 Å². The predicted molar refractivity (Wildman–Crippen MR) is 111 cm³/mol. The number of phenolic OH excluding ortho intramolecular Hbond substituents is 1. The van der Waals surface area contributed by atoms with Gasteiger partial charge in [-0.15, -0.1) is 0 Å². The molecule has 0 aliphatic carbocycles. The molecular formula is C22H16ClN3O3. The standard InChI is InChI=1S/C22H16ClN3O3/c1-13-10-15(23)6-8-18(13)25-22-17(21(28)26-20-4-2-3-9-24-20)11-14-5-7-16(27)12-19(14)29-22/h2-12,27H,1H3,(H,24,26,28). The summed E-state index contributed by atoms with van der Waals surface area (Å²) in [6, 6.07) is 16.8. The van der Waals surface area contributed by atoms with Crippen LogP contribution in [0.15, 0.2) is 76.3 Å². The highest BCUT2D eigenvalue weighted by Crippen LogP contribution is 2.23. The SMILES string of the molecule is Cc1cc(Cl)ccc1N=c1oc2cc(O)ccc2cc1C(=O)Nc1ccccn1. The molecule has 0 radical (unpaired) electrons. The number of aromatic nitrogens is 1. The lowest BCUT2D eigenvalue weighted by Crippen LogP contribution is -2.22. The van der Waals surface area contributed by atoms with E-state index in [1.807, 2.05) is 6.92 Å². The summed E-state index contributed by atoms with van der Waals surface area (Å²) in [5, 5.41) is 13.8. The van der Waals surface area contributed by atoms with Crippen molar-refractivity contribution >= 4 is 40.0 Å². The van der Waals surface area contributed by atoms with Crippen LogP contribution in [0.3, 0.4) is 0 Å². The third kappa shape index (κ3) is 4.12. The third-order valence-corrected chi connectivity index (χ3v) is 4.50. The highest BCUT2D eigenvalue weighted by Gasteiger charge is 2.14. The second-order valence-corrected chi connectivity index (χ2v) is 6.84. The molecule has 144 valence electrons. The summed E-state index contributed by atoms with van der Waals surface area (Å²) >= 11 is 6.02. The van der Waals surface area contributed by atoms with Crippen LogP contribution >= 0.6 is 11.6 Å². The number of carbonyl (C=O) groups is 1. The van der Waals surface area contributed by atoms with Crippen LogP contribution in [0, 0.1) is 6.92 Å². The molecule has 4 rings (SSSR count). The second kappa shape index (κ2) is 7.77. The number of rotatable bonds is 3. The number of nitrogens with zero attached hydrogens (tertiary/aromatic N) is 2. The lowest BCUT2D eigenvalue weighted by molar-refractivity contribution is 0.102. The van der Waals surface area contributed by atoms with Crippen molar-refractivity contribution in [2.45, 2.75) is 6.92 Å². The molecule has 0 aliphatic rings. The van der Waals surface area contributed by atoms with E-state index in [1.165, 1.54) is 12.1 Å². The molecule has 1 amide bonds. The van der Waals surface area contributed by atoms with Crippen molar-refractivity contribution in [2.24, 2.45) is 4.99 Å². The number of halogens is 1. The van der Waals surface area contributed by atoms with Crippen LogP contribution in [0.5, 0.6) is 5.75 Å². The summed E-state index contributed by atoms with van der Waals surface area (Å²) in [6.07, 6.45) is 1.59. The van der Waals surface area contributed by atoms with Crippen molar-refractivity contribution in [3.63, 3.8) is 0 Å². The number of hydrogen-bond acceptors (Lipinski definition) is 5. The van der Waals surface area contributed by atoms with Gasteiger partial charge in [0.15, 0.2) is 0 Å². The molecule has 29 heavy (non-hydrogen) atoms. The largest absolute Gasteiger partial charge is 0.508 e. The molecule has 0 saturated carbocycles. The van der Waals surface area contributed by atoms with E-state index in [0.717, 1.165) is 5.56 Å². The third-order valence-electron chi connectivity index (χ3n) is 4.27. The zero-order valence-corrected chi connectivity index (χ0v) is 16.1. The summed E-state index contributed by atoms with van der Waals surface area (Å²) in [6.45, 7) is 1.87. The van der Waals surface area contributed by atoms with Crippen molar-refractivity contribution < 1.29 is 14.3 Å². The Morgan fingerprint density at radius 3 is 2.76 bits per heavy atom. The van der Waals surface area contributed by atoms with Gasteiger partial charge in [0.25, 0.3) is 5.91 Å². The van der Waals surface area contributed by atoms with Gasteiger partial charge < -0.3 is 14.8 Å². The maximum atomic E-state index is 12.9. The number of carbonyl (C=O) groups excluding carboxylic acids is 1. The topological polar surface area (TPSA) is 87.7 Å². The van der Waals surface area contributed by atoms with Crippen LogP contribution in [-0.4, -0.2) is 16.0 Å². The first kappa shape index (κ1) is 18.7. The number of pyridine rings is 1. The Kier molecular flexibility index (Phi) is 5.01. The highest BCUT2D eigenvalue weighted by molar-refractivity contribution is 6.30. The smallest absolute Gasteiger partial charge is 0.262 e. The van der Waals surface area contributed by atoms with E-state index in [2.05, 4.69) is 15.3 Å². The van der Waals surface area contributed by atoms with Gasteiger partial charge in [0.05, 0.1) is 5.69 Å². The monoisotopic (exact) mass is 405 g/mol. The fourth-order valence-electron chi connectivity index (χ4n) is 2.83. The van der Waals surface area contributed by atoms with Gasteiger partial charge in [-0.05, 0) is 61.0 Å². The molecule has 2 aromatic carbocycles. The van der Waals surface area contributed by atoms with E-state index in [1.54, 1.807) is 54.7 Å². The molecule has 0 spiro atoms. The lowest BCUT2D eigenvalue weighted by Gasteiger charge is -2.07. The fraction of sp³-hybridized carbons (Fsp3) is 0.0455. The normalized spacial score (nSPS) is 11.6. The van der Waals surface area contributed by atoms with Gasteiger partial charge in [-0.3, -0.25) is 4.79 Å². The lowest BCUT2D eigenvalue weighted by atomic mass is 10.1. The number of fused-ring (bicyclic) bond motifs is 1. The first-order valence-corrected chi connectivity index (χ1v) is 9.17. The first-order valence-electron chi connectivity index (χ1n) is 8.80. The summed E-state index contributed by atoms with van der Waals surface area (Å²) in [7, 11) is 0. The fourth-order valence-corrected chi connectivity index (χ4v) is 3.05. The minimum Gasteiger partial charge on any atom is -0.508 e. The van der Waals surface area contributed by atoms with Gasteiger partial charge in [0.2, 0.25) is 5.55 Å². The Bertz CT molecular complexity index is 1280. The van der Waals surface area contributed by atoms with Gasteiger partial charge in [-0.25, -0.2) is 9.98 Å². The number of anilines is 1. The average Bonchev–Trinajstić information content (AvgIpc) is 2.70. The van der Waals surface area contributed by atoms with Crippen molar-refractivity contribution in [3.8, 4) is 5.75 Å². The van der Waals surface area contributed by atoms with Crippen molar-refractivity contribution in [3.05, 3.63) is 88.6 Å². The van der Waals surface area contributed by atoms with E-state index in [-0.39, 0.29) is 16.9 Å². The molecule has 6 nitrogen and oxygen atoms in total. The minimum absolute atomic E-state index is 0.0561. The number of amides is 1. The van der Waals surface area contributed by atoms with E-state index in [4.69, 9.17) is 16.0 Å². The van der Waals surface area contributed by atoms with Crippen LogP contribution in [0.2, 0.25) is 5.02 Å². The summed E-state index contributed by atoms with van der Waals surface area (Å²) in [5.74, 6) is 0.0604. The van der Waals surface area contributed by atoms with Crippen molar-refractivity contribution in [2.75, 3.05) is 5.32 Å². The molecule has 0 bridgehead atoms. The van der Waals surface area contributed by atoms with Crippen LogP contribution in [0.25, 0.3) is 11.0 Å². The van der Waals surface area contributed by atoms with E-state index in [9.17, 15) is 9.90 Å². The Morgan fingerprint density at radius 2 is 2.00 bits per heavy atom. The molecule has 2 N–H and O–H groups in total. The Labute approximate surface area is 171 Å². The molecule has 0 fully saturated rings. The van der Waals surface area contributed by atoms with Crippen LogP contribution < -0.4 is 10.9 Å². The van der Waals surface area contributed by atoms with Gasteiger partial charge in [-0.1, -0.05) is 17.7 Å². The highest BCUT2D eigenvalue weighted by atomic mass is 35.5. The van der Waals surface area contributed by atoms with Crippen molar-refractivity contribution in [1.29, 1.82) is 0 Å². The second-order valence-electron chi connectivity index (χ2n) is 6.40. The van der Waals surface area contributed by atoms with Crippen LogP contribution in [0.1, 0.15) is 15.9 Å². The summed E-state index contributed by atoms with van der Waals surface area (Å²) < 4.78 is 5.88. The maximum absolute atomic E-state index is 12.9. The number of phenols is 1. The molecule has 2 heterocycles. The number of nitrogens with one attached hydrogen (secondary N) is 1. The van der Waals surface area contributed by atoms with E-state index < -0.39 is 5.91 Å². The molecule has 0 saturated heterocycles. The molecule has 4 aromatic rings. The van der Waals surface area contributed by atoms with Crippen molar-refractivity contribution in [1.82, 2.24) is 4.98 Å². The number of benzene rings is 2. The zero-order chi connectivity index (χ0) is 20.4. The van der Waals surface area contributed by atoms with Gasteiger partial charge in [-0.2, -0.15) is 0 Å². The summed E-state index contributed by atoms with van der Waals surface area (Å²) in [5.41, 5.74) is 2.21. The first-order chi connectivity index (χ1) is 14.0. The van der Waals surface area contributed by atoms with Gasteiger partial charge in [0.1, 0.15) is 22.7 Å². The number of aromatic hydroxyl groups is 1. The average molecular weight is 406 g/mol. The van der Waals surface area contributed by atoms with E-state index in [0.29, 0.717) is 27.5 Å².